The molecule has 0 heterocycles. The lowest BCUT2D eigenvalue weighted by Crippen LogP contribution is -2.24. The Morgan fingerprint density at radius 1 is 1.09 bits per heavy atom. The molecule has 22 heavy (non-hydrogen) atoms. The van der Waals surface area contributed by atoms with E-state index in [0.29, 0.717) is 23.4 Å². The number of rotatable bonds is 5. The molecule has 2 aromatic carbocycles. The molecule has 0 atom stereocenters. The van der Waals surface area contributed by atoms with E-state index in [0.717, 1.165) is 5.56 Å². The minimum Gasteiger partial charge on any atom is -0.465 e. The second-order valence-corrected chi connectivity index (χ2v) is 4.67. The Balaban J connectivity index is 2.18. The first-order valence-corrected chi connectivity index (χ1v) is 6.88. The summed E-state index contributed by atoms with van der Waals surface area (Å²) in [5, 5.41) is 5.79. The third kappa shape index (κ3) is 3.63. The van der Waals surface area contributed by atoms with Crippen LogP contribution in [0.15, 0.2) is 48.5 Å². The van der Waals surface area contributed by atoms with E-state index in [1.807, 2.05) is 30.3 Å². The van der Waals surface area contributed by atoms with Gasteiger partial charge in [0.15, 0.2) is 0 Å². The Morgan fingerprint density at radius 2 is 1.82 bits per heavy atom. The topological polar surface area (TPSA) is 67.4 Å². The van der Waals surface area contributed by atoms with Crippen molar-refractivity contribution in [3.8, 4) is 0 Å². The second kappa shape index (κ2) is 7.26. The summed E-state index contributed by atoms with van der Waals surface area (Å²) in [6.07, 6.45) is 0. The Labute approximate surface area is 129 Å². The van der Waals surface area contributed by atoms with Gasteiger partial charge in [0.2, 0.25) is 0 Å². The molecule has 2 N–H and O–H groups in total. The molecule has 5 nitrogen and oxygen atoms in total. The van der Waals surface area contributed by atoms with Crippen LogP contribution in [0.4, 0.5) is 5.69 Å². The van der Waals surface area contributed by atoms with Crippen LogP contribution < -0.4 is 10.6 Å². The minimum atomic E-state index is -0.472. The monoisotopic (exact) mass is 298 g/mol. The van der Waals surface area contributed by atoms with Crippen molar-refractivity contribution in [1.82, 2.24) is 5.32 Å². The summed E-state index contributed by atoms with van der Waals surface area (Å²) in [6.45, 7) is 0.422. The summed E-state index contributed by atoms with van der Waals surface area (Å²) in [6, 6.07) is 14.4. The van der Waals surface area contributed by atoms with Crippen molar-refractivity contribution in [2.24, 2.45) is 0 Å². The Morgan fingerprint density at radius 3 is 2.45 bits per heavy atom. The maximum Gasteiger partial charge on any atom is 0.337 e. The van der Waals surface area contributed by atoms with Crippen LogP contribution >= 0.6 is 0 Å². The van der Waals surface area contributed by atoms with Crippen LogP contribution in [0.3, 0.4) is 0 Å². The van der Waals surface area contributed by atoms with E-state index < -0.39 is 5.97 Å². The number of amides is 1. The number of ether oxygens (including phenoxy) is 1. The molecule has 5 heteroatoms. The van der Waals surface area contributed by atoms with Gasteiger partial charge in [-0.05, 0) is 23.8 Å². The average molecular weight is 298 g/mol. The fraction of sp³-hybridized carbons (Fsp3) is 0.176. The average Bonchev–Trinajstić information content (AvgIpc) is 2.59. The standard InChI is InChI=1S/C17H18N2O3/c1-18-15-9-8-13(17(21)22-2)10-14(15)16(20)19-11-12-6-4-3-5-7-12/h3-10,18H,11H2,1-2H3,(H,19,20). The molecule has 0 saturated heterocycles. The number of benzene rings is 2. The molecule has 0 bridgehead atoms. The predicted molar refractivity (Wildman–Crippen MR) is 84.9 cm³/mol. The quantitative estimate of drug-likeness (QED) is 0.832. The molecule has 0 aliphatic rings. The normalized spacial score (nSPS) is 9.91. The fourth-order valence-corrected chi connectivity index (χ4v) is 2.07. The van der Waals surface area contributed by atoms with Crippen LogP contribution in [0.5, 0.6) is 0 Å². The van der Waals surface area contributed by atoms with Gasteiger partial charge in [0.05, 0.1) is 18.2 Å². The zero-order valence-corrected chi connectivity index (χ0v) is 12.6. The largest absolute Gasteiger partial charge is 0.465 e. The van der Waals surface area contributed by atoms with Gasteiger partial charge >= 0.3 is 5.97 Å². The molecule has 0 aliphatic heterocycles. The van der Waals surface area contributed by atoms with Gasteiger partial charge in [0.25, 0.3) is 5.91 Å². The van der Waals surface area contributed by atoms with Crippen LogP contribution in [-0.2, 0) is 11.3 Å². The van der Waals surface area contributed by atoms with Crippen molar-refractivity contribution >= 4 is 17.6 Å². The molecule has 0 radical (unpaired) electrons. The summed E-state index contributed by atoms with van der Waals surface area (Å²) >= 11 is 0. The van der Waals surface area contributed by atoms with Crippen LogP contribution in [0.2, 0.25) is 0 Å². The Bertz CT molecular complexity index is 669. The van der Waals surface area contributed by atoms with Gasteiger partial charge < -0.3 is 15.4 Å². The van der Waals surface area contributed by atoms with E-state index in [1.54, 1.807) is 19.2 Å². The van der Waals surface area contributed by atoms with Crippen molar-refractivity contribution in [2.45, 2.75) is 6.54 Å². The van der Waals surface area contributed by atoms with Crippen LogP contribution in [0, 0.1) is 0 Å². The number of methoxy groups -OCH3 is 1. The molecule has 114 valence electrons. The number of esters is 1. The molecule has 2 aromatic rings. The number of anilines is 1. The van der Waals surface area contributed by atoms with Crippen molar-refractivity contribution in [1.29, 1.82) is 0 Å². The maximum absolute atomic E-state index is 12.4. The van der Waals surface area contributed by atoms with Crippen LogP contribution in [-0.4, -0.2) is 26.0 Å². The molecule has 0 aromatic heterocycles. The zero-order chi connectivity index (χ0) is 15.9. The van der Waals surface area contributed by atoms with Gasteiger partial charge in [-0.15, -0.1) is 0 Å². The van der Waals surface area contributed by atoms with E-state index in [9.17, 15) is 9.59 Å². The first-order valence-electron chi connectivity index (χ1n) is 6.88. The van der Waals surface area contributed by atoms with Gasteiger partial charge in [0.1, 0.15) is 0 Å². The Hall–Kier alpha value is -2.82. The maximum atomic E-state index is 12.4. The van der Waals surface area contributed by atoms with Crippen LogP contribution in [0.1, 0.15) is 26.3 Å². The Kier molecular flexibility index (Phi) is 5.14. The molecule has 0 aliphatic carbocycles. The molecule has 1 amide bonds. The van der Waals surface area contributed by atoms with Gasteiger partial charge in [-0.1, -0.05) is 30.3 Å². The van der Waals surface area contributed by atoms with Gasteiger partial charge in [0, 0.05) is 19.3 Å². The van der Waals surface area contributed by atoms with Gasteiger partial charge in [-0.3, -0.25) is 4.79 Å². The summed E-state index contributed by atoms with van der Waals surface area (Å²) < 4.78 is 4.68. The lowest BCUT2D eigenvalue weighted by molar-refractivity contribution is 0.0600. The van der Waals surface area contributed by atoms with E-state index in [4.69, 9.17) is 0 Å². The number of hydrogen-bond acceptors (Lipinski definition) is 4. The third-order valence-electron chi connectivity index (χ3n) is 3.25. The highest BCUT2D eigenvalue weighted by molar-refractivity contribution is 6.02. The minimum absolute atomic E-state index is 0.251. The van der Waals surface area contributed by atoms with Crippen molar-refractivity contribution in [3.63, 3.8) is 0 Å². The highest BCUT2D eigenvalue weighted by Crippen LogP contribution is 2.18. The number of carbonyl (C=O) groups is 2. The lowest BCUT2D eigenvalue weighted by Gasteiger charge is -2.11. The number of carbonyl (C=O) groups excluding carboxylic acids is 2. The smallest absolute Gasteiger partial charge is 0.337 e. The summed E-state index contributed by atoms with van der Waals surface area (Å²) in [4.78, 5) is 24.0. The molecule has 0 unspecified atom stereocenters. The SMILES string of the molecule is CNc1ccc(C(=O)OC)cc1C(=O)NCc1ccccc1. The molecule has 0 fully saturated rings. The fourth-order valence-electron chi connectivity index (χ4n) is 2.07. The highest BCUT2D eigenvalue weighted by Gasteiger charge is 2.14. The molecular formula is C17H18N2O3. The van der Waals surface area contributed by atoms with E-state index in [1.165, 1.54) is 13.2 Å². The van der Waals surface area contributed by atoms with E-state index in [-0.39, 0.29) is 5.91 Å². The first kappa shape index (κ1) is 15.6. The van der Waals surface area contributed by atoms with Crippen molar-refractivity contribution in [2.75, 3.05) is 19.5 Å². The number of hydrogen-bond donors (Lipinski definition) is 2. The van der Waals surface area contributed by atoms with E-state index >= 15 is 0 Å². The predicted octanol–water partition coefficient (Wildman–Crippen LogP) is 2.44. The molecular weight excluding hydrogens is 280 g/mol. The van der Waals surface area contributed by atoms with E-state index in [2.05, 4.69) is 15.4 Å². The number of nitrogens with one attached hydrogen (secondary N) is 2. The second-order valence-electron chi connectivity index (χ2n) is 4.67. The molecule has 2 rings (SSSR count). The molecule has 0 saturated carbocycles. The summed E-state index contributed by atoms with van der Waals surface area (Å²) in [5.74, 6) is -0.723. The lowest BCUT2D eigenvalue weighted by atomic mass is 10.1. The van der Waals surface area contributed by atoms with Gasteiger partial charge in [-0.2, -0.15) is 0 Å². The van der Waals surface area contributed by atoms with Gasteiger partial charge in [-0.25, -0.2) is 4.79 Å². The molecule has 0 spiro atoms. The summed E-state index contributed by atoms with van der Waals surface area (Å²) in [7, 11) is 3.03. The van der Waals surface area contributed by atoms with Crippen LogP contribution in [0.25, 0.3) is 0 Å². The summed E-state index contributed by atoms with van der Waals surface area (Å²) in [5.41, 5.74) is 2.40. The zero-order valence-electron chi connectivity index (χ0n) is 12.6. The highest BCUT2D eigenvalue weighted by atomic mass is 16.5. The van der Waals surface area contributed by atoms with Crippen molar-refractivity contribution < 1.29 is 14.3 Å². The van der Waals surface area contributed by atoms with Crippen molar-refractivity contribution in [3.05, 3.63) is 65.2 Å². The third-order valence-corrected chi connectivity index (χ3v) is 3.25. The first-order chi connectivity index (χ1) is 10.7.